The van der Waals surface area contributed by atoms with Gasteiger partial charge < -0.3 is 5.32 Å². The molecule has 1 heterocycles. The molecule has 0 radical (unpaired) electrons. The number of carbonyl (C=O) groups is 1. The van der Waals surface area contributed by atoms with Crippen LogP contribution >= 0.6 is 12.4 Å². The molecule has 0 aliphatic carbocycles. The first kappa shape index (κ1) is 9.91. The van der Waals surface area contributed by atoms with Crippen molar-refractivity contribution in [2.45, 2.75) is 0 Å². The molecule has 0 unspecified atom stereocenters. The Labute approximate surface area is 71.2 Å². The molecule has 0 spiro atoms. The van der Waals surface area contributed by atoms with Gasteiger partial charge in [-0.25, -0.2) is 0 Å². The van der Waals surface area contributed by atoms with Crippen molar-refractivity contribution in [1.29, 1.82) is 0 Å². The van der Waals surface area contributed by atoms with Gasteiger partial charge in [0.15, 0.2) is 0 Å². The molecule has 0 atom stereocenters. The first-order valence-corrected chi connectivity index (χ1v) is 2.97. The van der Waals surface area contributed by atoms with Crippen molar-refractivity contribution in [1.82, 2.24) is 10.3 Å². The Morgan fingerprint density at radius 2 is 2.27 bits per heavy atom. The minimum atomic E-state index is -0.152. The molecule has 0 fully saturated rings. The average Bonchev–Trinajstić information content (AvgIpc) is 2.05. The van der Waals surface area contributed by atoms with Crippen LogP contribution in [0, 0.1) is 0 Å². The number of aromatic nitrogens is 1. The maximum Gasteiger partial charge on any atom is 0.269 e. The lowest BCUT2D eigenvalue weighted by Crippen LogP contribution is -2.18. The third-order valence-electron chi connectivity index (χ3n) is 1.12. The minimum absolute atomic E-state index is 0. The van der Waals surface area contributed by atoms with Crippen LogP contribution in [0.4, 0.5) is 0 Å². The average molecular weight is 173 g/mol. The van der Waals surface area contributed by atoms with E-state index in [0.29, 0.717) is 5.69 Å². The van der Waals surface area contributed by atoms with Crippen molar-refractivity contribution in [3.05, 3.63) is 30.1 Å². The van der Waals surface area contributed by atoms with Crippen molar-refractivity contribution in [2.24, 2.45) is 0 Å². The van der Waals surface area contributed by atoms with E-state index in [1.807, 2.05) is 0 Å². The Kier molecular flexibility index (Phi) is 4.22. The zero-order chi connectivity index (χ0) is 7.40. The summed E-state index contributed by atoms with van der Waals surface area (Å²) >= 11 is 0. The largest absolute Gasteiger partial charge is 0.354 e. The molecule has 1 aromatic rings. The van der Waals surface area contributed by atoms with Crippen LogP contribution in [0.1, 0.15) is 10.5 Å². The molecule has 11 heavy (non-hydrogen) atoms. The SMILES string of the molecule is CNC(=O)c1ccccn1.Cl. The first-order valence-electron chi connectivity index (χ1n) is 2.97. The second kappa shape index (κ2) is 4.68. The third kappa shape index (κ3) is 2.55. The number of nitrogens with zero attached hydrogens (tertiary/aromatic N) is 1. The number of pyridine rings is 1. The molecule has 0 aliphatic heterocycles. The van der Waals surface area contributed by atoms with E-state index in [1.165, 1.54) is 0 Å². The monoisotopic (exact) mass is 172 g/mol. The number of nitrogens with one attached hydrogen (secondary N) is 1. The maximum atomic E-state index is 10.8. The van der Waals surface area contributed by atoms with Crippen LogP contribution in [0.25, 0.3) is 0 Å². The molecule has 0 saturated heterocycles. The predicted octanol–water partition coefficient (Wildman–Crippen LogP) is 0.863. The van der Waals surface area contributed by atoms with Gasteiger partial charge in [0.05, 0.1) is 0 Å². The third-order valence-corrected chi connectivity index (χ3v) is 1.12. The van der Waals surface area contributed by atoms with Crippen LogP contribution in [0.3, 0.4) is 0 Å². The molecule has 0 aromatic carbocycles. The standard InChI is InChI=1S/C7H8N2O.ClH/c1-8-7(10)6-4-2-3-5-9-6;/h2-5H,1H3,(H,8,10);1H. The smallest absolute Gasteiger partial charge is 0.269 e. The summed E-state index contributed by atoms with van der Waals surface area (Å²) in [7, 11) is 1.58. The topological polar surface area (TPSA) is 42.0 Å². The number of halogens is 1. The number of hydrogen-bond donors (Lipinski definition) is 1. The number of hydrogen-bond acceptors (Lipinski definition) is 2. The van der Waals surface area contributed by atoms with Gasteiger partial charge in [0, 0.05) is 13.2 Å². The van der Waals surface area contributed by atoms with E-state index in [4.69, 9.17) is 0 Å². The molecular weight excluding hydrogens is 164 g/mol. The maximum absolute atomic E-state index is 10.8. The highest BCUT2D eigenvalue weighted by Gasteiger charge is 1.99. The minimum Gasteiger partial charge on any atom is -0.354 e. The Bertz CT molecular complexity index is 225. The van der Waals surface area contributed by atoms with E-state index in [-0.39, 0.29) is 18.3 Å². The number of rotatable bonds is 1. The molecule has 1 aromatic heterocycles. The number of amides is 1. The molecule has 0 saturated carbocycles. The van der Waals surface area contributed by atoms with Crippen LogP contribution in [0.2, 0.25) is 0 Å². The van der Waals surface area contributed by atoms with E-state index in [9.17, 15) is 4.79 Å². The summed E-state index contributed by atoms with van der Waals surface area (Å²) in [6.07, 6.45) is 1.59. The molecule has 0 aliphatic rings. The second-order valence-electron chi connectivity index (χ2n) is 1.79. The summed E-state index contributed by atoms with van der Waals surface area (Å²) in [4.78, 5) is 14.7. The Morgan fingerprint density at radius 1 is 1.55 bits per heavy atom. The molecule has 4 heteroatoms. The highest BCUT2D eigenvalue weighted by Crippen LogP contribution is 1.90. The Morgan fingerprint density at radius 3 is 2.73 bits per heavy atom. The van der Waals surface area contributed by atoms with Gasteiger partial charge in [-0.15, -0.1) is 12.4 Å². The zero-order valence-corrected chi connectivity index (χ0v) is 6.89. The Hall–Kier alpha value is -1.09. The van der Waals surface area contributed by atoms with Gasteiger partial charge in [0.2, 0.25) is 0 Å². The van der Waals surface area contributed by atoms with Gasteiger partial charge in [-0.2, -0.15) is 0 Å². The fraction of sp³-hybridized carbons (Fsp3) is 0.143. The van der Waals surface area contributed by atoms with Crippen molar-refractivity contribution in [3.8, 4) is 0 Å². The lowest BCUT2D eigenvalue weighted by atomic mass is 10.3. The van der Waals surface area contributed by atoms with Crippen LogP contribution in [-0.4, -0.2) is 17.9 Å². The van der Waals surface area contributed by atoms with E-state index in [0.717, 1.165) is 0 Å². The molecule has 3 nitrogen and oxygen atoms in total. The van der Waals surface area contributed by atoms with Crippen molar-refractivity contribution in [3.63, 3.8) is 0 Å². The summed E-state index contributed by atoms with van der Waals surface area (Å²) in [5, 5.41) is 2.48. The summed E-state index contributed by atoms with van der Waals surface area (Å²) in [5.74, 6) is -0.152. The summed E-state index contributed by atoms with van der Waals surface area (Å²) in [6, 6.07) is 5.21. The molecule has 0 bridgehead atoms. The molecule has 1 amide bonds. The van der Waals surface area contributed by atoms with Crippen molar-refractivity contribution >= 4 is 18.3 Å². The van der Waals surface area contributed by atoms with Gasteiger partial charge >= 0.3 is 0 Å². The summed E-state index contributed by atoms with van der Waals surface area (Å²) in [5.41, 5.74) is 0.449. The van der Waals surface area contributed by atoms with Crippen LogP contribution < -0.4 is 5.32 Å². The van der Waals surface area contributed by atoms with E-state index in [2.05, 4.69) is 10.3 Å². The van der Waals surface area contributed by atoms with Crippen molar-refractivity contribution in [2.75, 3.05) is 7.05 Å². The molecule has 1 N–H and O–H groups in total. The van der Waals surface area contributed by atoms with Crippen LogP contribution in [-0.2, 0) is 0 Å². The quantitative estimate of drug-likeness (QED) is 0.683. The van der Waals surface area contributed by atoms with Gasteiger partial charge in [-0.05, 0) is 12.1 Å². The fourth-order valence-corrected chi connectivity index (χ4v) is 0.625. The highest BCUT2D eigenvalue weighted by atomic mass is 35.5. The molecule has 1 rings (SSSR count). The predicted molar refractivity (Wildman–Crippen MR) is 44.9 cm³/mol. The van der Waals surface area contributed by atoms with Crippen molar-refractivity contribution < 1.29 is 4.79 Å². The van der Waals surface area contributed by atoms with E-state index in [1.54, 1.807) is 31.4 Å². The first-order chi connectivity index (χ1) is 4.84. The van der Waals surface area contributed by atoms with Gasteiger partial charge in [0.25, 0.3) is 5.91 Å². The zero-order valence-electron chi connectivity index (χ0n) is 6.07. The van der Waals surface area contributed by atoms with Gasteiger partial charge in [-0.3, -0.25) is 9.78 Å². The van der Waals surface area contributed by atoms with E-state index < -0.39 is 0 Å². The molecule has 60 valence electrons. The van der Waals surface area contributed by atoms with E-state index >= 15 is 0 Å². The molecular formula is C7H9ClN2O. The van der Waals surface area contributed by atoms with Gasteiger partial charge in [-0.1, -0.05) is 6.07 Å². The lowest BCUT2D eigenvalue weighted by molar-refractivity contribution is 0.0958. The lowest BCUT2D eigenvalue weighted by Gasteiger charge is -1.94. The normalized spacial score (nSPS) is 8.09. The summed E-state index contributed by atoms with van der Waals surface area (Å²) < 4.78 is 0. The van der Waals surface area contributed by atoms with Crippen LogP contribution in [0.5, 0.6) is 0 Å². The fourth-order valence-electron chi connectivity index (χ4n) is 0.625. The van der Waals surface area contributed by atoms with Gasteiger partial charge in [0.1, 0.15) is 5.69 Å². The second-order valence-corrected chi connectivity index (χ2v) is 1.79. The highest BCUT2D eigenvalue weighted by molar-refractivity contribution is 5.91. The summed E-state index contributed by atoms with van der Waals surface area (Å²) in [6.45, 7) is 0. The van der Waals surface area contributed by atoms with Crippen LogP contribution in [0.15, 0.2) is 24.4 Å². The Balaban J connectivity index is 0.000001000. The number of carbonyl (C=O) groups excluding carboxylic acids is 1.